The van der Waals surface area contributed by atoms with E-state index in [0.29, 0.717) is 25.3 Å². The molecule has 2 saturated heterocycles. The molecule has 1 unspecified atom stereocenters. The van der Waals surface area contributed by atoms with E-state index in [1.165, 1.54) is 44.9 Å². The van der Waals surface area contributed by atoms with E-state index in [0.717, 1.165) is 57.5 Å². The molecule has 0 saturated carbocycles. The van der Waals surface area contributed by atoms with Crippen molar-refractivity contribution in [1.82, 2.24) is 15.1 Å². The van der Waals surface area contributed by atoms with E-state index < -0.39 is 6.10 Å². The molecule has 7 nitrogen and oxygen atoms in total. The number of amides is 2. The van der Waals surface area contributed by atoms with Crippen LogP contribution in [0.15, 0.2) is 0 Å². The molecule has 186 valence electrons. The van der Waals surface area contributed by atoms with Crippen LogP contribution in [0.5, 0.6) is 0 Å². The summed E-state index contributed by atoms with van der Waals surface area (Å²) in [5, 5.41) is 12.7. The van der Waals surface area contributed by atoms with Gasteiger partial charge in [0.25, 0.3) is 0 Å². The van der Waals surface area contributed by atoms with Crippen LogP contribution in [0.1, 0.15) is 78.1 Å². The van der Waals surface area contributed by atoms with Gasteiger partial charge in [-0.25, -0.2) is 0 Å². The predicted octanol–water partition coefficient (Wildman–Crippen LogP) is 2.37. The van der Waals surface area contributed by atoms with Crippen molar-refractivity contribution in [3.63, 3.8) is 0 Å². The van der Waals surface area contributed by atoms with Crippen molar-refractivity contribution >= 4 is 11.8 Å². The van der Waals surface area contributed by atoms with E-state index in [9.17, 15) is 14.7 Å². The maximum absolute atomic E-state index is 12.0. The summed E-state index contributed by atoms with van der Waals surface area (Å²) in [4.78, 5) is 27.8. The first kappa shape index (κ1) is 27.1. The highest BCUT2D eigenvalue weighted by molar-refractivity contribution is 5.76. The van der Waals surface area contributed by atoms with Crippen molar-refractivity contribution in [2.24, 2.45) is 23.5 Å². The van der Waals surface area contributed by atoms with Gasteiger partial charge in [-0.3, -0.25) is 9.59 Å². The molecule has 0 aromatic heterocycles. The van der Waals surface area contributed by atoms with Gasteiger partial charge in [0.05, 0.1) is 6.10 Å². The summed E-state index contributed by atoms with van der Waals surface area (Å²) in [5.41, 5.74) is 5.25. The summed E-state index contributed by atoms with van der Waals surface area (Å²) in [5.74, 6) is 1.98. The topological polar surface area (TPSA) is 98.9 Å². The first-order valence-corrected chi connectivity index (χ1v) is 13.0. The molecule has 2 rings (SSSR count). The highest BCUT2D eigenvalue weighted by Gasteiger charge is 2.22. The molecular formula is C25H48N4O3. The lowest BCUT2D eigenvalue weighted by atomic mass is 9.87. The fourth-order valence-corrected chi connectivity index (χ4v) is 5.17. The molecule has 0 bridgehead atoms. The number of aliphatic hydroxyl groups is 1. The minimum Gasteiger partial charge on any atom is -0.391 e. The molecule has 0 aromatic rings. The lowest BCUT2D eigenvalue weighted by Crippen LogP contribution is -2.38. The summed E-state index contributed by atoms with van der Waals surface area (Å²) >= 11 is 0. The number of carbonyl (C=O) groups excluding carboxylic acids is 2. The van der Waals surface area contributed by atoms with E-state index in [2.05, 4.69) is 29.0 Å². The molecule has 2 amide bonds. The Labute approximate surface area is 195 Å². The molecular weight excluding hydrogens is 404 g/mol. The lowest BCUT2D eigenvalue weighted by Gasteiger charge is -2.33. The number of likely N-dealkylation sites (tertiary alicyclic amines) is 2. The highest BCUT2D eigenvalue weighted by Crippen LogP contribution is 2.27. The van der Waals surface area contributed by atoms with E-state index in [1.807, 2.05) is 0 Å². The highest BCUT2D eigenvalue weighted by atomic mass is 16.3. The van der Waals surface area contributed by atoms with Crippen LogP contribution in [0.2, 0.25) is 0 Å². The van der Waals surface area contributed by atoms with E-state index in [-0.39, 0.29) is 11.8 Å². The van der Waals surface area contributed by atoms with Crippen LogP contribution in [0.4, 0.5) is 0 Å². The third kappa shape index (κ3) is 11.6. The monoisotopic (exact) mass is 452 g/mol. The largest absolute Gasteiger partial charge is 0.391 e. The van der Waals surface area contributed by atoms with Crippen molar-refractivity contribution in [1.29, 1.82) is 0 Å². The van der Waals surface area contributed by atoms with Crippen LogP contribution in [-0.2, 0) is 9.59 Å². The van der Waals surface area contributed by atoms with Gasteiger partial charge in [0.1, 0.15) is 0 Å². The van der Waals surface area contributed by atoms with Gasteiger partial charge >= 0.3 is 0 Å². The average Bonchev–Trinajstić information content (AvgIpc) is 2.76. The molecule has 2 fully saturated rings. The second-order valence-corrected chi connectivity index (χ2v) is 10.6. The van der Waals surface area contributed by atoms with Gasteiger partial charge in [-0.2, -0.15) is 0 Å². The van der Waals surface area contributed by atoms with Crippen LogP contribution < -0.4 is 11.1 Å². The molecule has 2 aliphatic rings. The number of aliphatic hydroxyl groups excluding tert-OH is 1. The number of carbonyl (C=O) groups is 2. The van der Waals surface area contributed by atoms with Gasteiger partial charge in [0, 0.05) is 32.5 Å². The lowest BCUT2D eigenvalue weighted by molar-refractivity contribution is -0.122. The number of hydrogen-bond donors (Lipinski definition) is 3. The number of piperidine rings is 2. The van der Waals surface area contributed by atoms with Crippen LogP contribution in [0.25, 0.3) is 0 Å². The first-order chi connectivity index (χ1) is 15.3. The fourth-order valence-electron chi connectivity index (χ4n) is 5.17. The Morgan fingerprint density at radius 1 is 0.938 bits per heavy atom. The molecule has 0 spiro atoms. The maximum atomic E-state index is 12.0. The zero-order valence-corrected chi connectivity index (χ0v) is 20.6. The molecule has 32 heavy (non-hydrogen) atoms. The fraction of sp³-hybridized carbons (Fsp3) is 0.920. The Morgan fingerprint density at radius 3 is 1.91 bits per heavy atom. The third-order valence-electron chi connectivity index (χ3n) is 7.25. The summed E-state index contributed by atoms with van der Waals surface area (Å²) in [7, 11) is 0. The predicted molar refractivity (Wildman–Crippen MR) is 129 cm³/mol. The van der Waals surface area contributed by atoms with E-state index >= 15 is 0 Å². The third-order valence-corrected chi connectivity index (χ3v) is 7.25. The second-order valence-electron chi connectivity index (χ2n) is 10.6. The average molecular weight is 453 g/mol. The zero-order valence-electron chi connectivity index (χ0n) is 20.6. The van der Waals surface area contributed by atoms with Gasteiger partial charge in [0.15, 0.2) is 0 Å². The smallest absolute Gasteiger partial charge is 0.221 e. The van der Waals surface area contributed by atoms with Crippen LogP contribution >= 0.6 is 0 Å². The zero-order chi connectivity index (χ0) is 23.3. The second kappa shape index (κ2) is 14.9. The summed E-state index contributed by atoms with van der Waals surface area (Å²) in [6.45, 7) is 10.6. The number of hydrogen-bond acceptors (Lipinski definition) is 5. The Balaban J connectivity index is 1.47. The molecule has 2 heterocycles. The van der Waals surface area contributed by atoms with Crippen molar-refractivity contribution in [3.8, 4) is 0 Å². The van der Waals surface area contributed by atoms with Crippen LogP contribution in [-0.4, -0.2) is 78.6 Å². The van der Waals surface area contributed by atoms with Crippen LogP contribution in [0, 0.1) is 17.8 Å². The Kier molecular flexibility index (Phi) is 12.6. The Morgan fingerprint density at radius 2 is 1.44 bits per heavy atom. The molecule has 2 aliphatic heterocycles. The van der Waals surface area contributed by atoms with E-state index in [4.69, 9.17) is 5.73 Å². The van der Waals surface area contributed by atoms with Gasteiger partial charge in [-0.05, 0) is 76.0 Å². The number of rotatable bonds is 14. The van der Waals surface area contributed by atoms with Crippen molar-refractivity contribution in [2.45, 2.75) is 84.2 Å². The van der Waals surface area contributed by atoms with Crippen molar-refractivity contribution in [3.05, 3.63) is 0 Å². The standard InChI is InChI=1S/C25H48N4O3/c1-20(2)18-23(30)19-27-25(32)11-17-29-14-8-22(9-15-29)5-3-4-21-6-12-28(13-7-21)16-10-24(26)31/h20-23,30H,3-19H2,1-2H3,(H2,26,31)(H,27,32). The number of nitrogens with two attached hydrogens (primary N) is 1. The van der Waals surface area contributed by atoms with Gasteiger partial charge in [-0.1, -0.05) is 33.1 Å². The minimum atomic E-state index is -0.441. The quantitative estimate of drug-likeness (QED) is 0.376. The van der Waals surface area contributed by atoms with Crippen molar-refractivity contribution in [2.75, 3.05) is 45.8 Å². The van der Waals surface area contributed by atoms with Gasteiger partial charge in [0.2, 0.25) is 11.8 Å². The van der Waals surface area contributed by atoms with Gasteiger partial charge < -0.3 is 26.0 Å². The SMILES string of the molecule is CC(C)CC(O)CNC(=O)CCN1CCC(CCCC2CCN(CCC(N)=O)CC2)CC1. The Bertz CT molecular complexity index is 541. The number of primary amides is 1. The van der Waals surface area contributed by atoms with E-state index in [1.54, 1.807) is 0 Å². The van der Waals surface area contributed by atoms with Crippen LogP contribution in [0.3, 0.4) is 0 Å². The van der Waals surface area contributed by atoms with Crippen molar-refractivity contribution < 1.29 is 14.7 Å². The minimum absolute atomic E-state index is 0.0515. The first-order valence-electron chi connectivity index (χ1n) is 13.0. The molecule has 0 aromatic carbocycles. The molecule has 4 N–H and O–H groups in total. The molecule has 0 radical (unpaired) electrons. The summed E-state index contributed by atoms with van der Waals surface area (Å²) < 4.78 is 0. The van der Waals surface area contributed by atoms with Gasteiger partial charge in [-0.15, -0.1) is 0 Å². The Hall–Kier alpha value is -1.18. The molecule has 0 aliphatic carbocycles. The maximum Gasteiger partial charge on any atom is 0.221 e. The summed E-state index contributed by atoms with van der Waals surface area (Å²) in [6.07, 6.45) is 10.3. The normalized spacial score (nSPS) is 20.5. The molecule has 1 atom stereocenters. The summed E-state index contributed by atoms with van der Waals surface area (Å²) in [6, 6.07) is 0. The number of nitrogens with zero attached hydrogens (tertiary/aromatic N) is 2. The number of nitrogens with one attached hydrogen (secondary N) is 1. The molecule has 7 heteroatoms.